The van der Waals surface area contributed by atoms with Gasteiger partial charge in [-0.2, -0.15) is 0 Å². The van der Waals surface area contributed by atoms with Gasteiger partial charge < -0.3 is 25.6 Å². The Morgan fingerprint density at radius 2 is 1.79 bits per heavy atom. The summed E-state index contributed by atoms with van der Waals surface area (Å²) in [5.41, 5.74) is 3.68. The van der Waals surface area contributed by atoms with Crippen LogP contribution in [-0.2, 0) is 14.3 Å². The zero-order valence-corrected chi connectivity index (χ0v) is 16.7. The molecular weight excluding hydrogens is 388 g/mol. The number of likely N-dealkylation sites (tertiary alicyclic amines) is 1. The maximum Gasteiger partial charge on any atom is 0.410 e. The highest BCUT2D eigenvalue weighted by Gasteiger charge is 2.31. The number of aryl methyl sites for hydroxylation is 1. The van der Waals surface area contributed by atoms with Crippen LogP contribution in [0, 0.1) is 6.92 Å². The third-order valence-electron chi connectivity index (χ3n) is 3.89. The average Bonchev–Trinajstić information content (AvgIpc) is 3.06. The van der Waals surface area contributed by atoms with Crippen LogP contribution < -0.4 is 17.0 Å². The summed E-state index contributed by atoms with van der Waals surface area (Å²) in [6.07, 6.45) is 1.83. The third-order valence-corrected chi connectivity index (χ3v) is 3.89. The van der Waals surface area contributed by atoms with Gasteiger partial charge in [0, 0.05) is 24.8 Å². The monoisotopic (exact) mass is 414 g/mol. The highest BCUT2D eigenvalue weighted by molar-refractivity contribution is 5.96. The molecule has 0 saturated carbocycles. The lowest BCUT2D eigenvalue weighted by Crippen LogP contribution is -2.38. The Morgan fingerprint density at radius 3 is 2.24 bits per heavy atom. The Labute approximate surface area is 165 Å². The number of nitrogens with zero attached hydrogens (tertiary/aromatic N) is 2. The van der Waals surface area contributed by atoms with Crippen molar-refractivity contribution in [3.05, 3.63) is 32.6 Å². The fourth-order valence-electron chi connectivity index (χ4n) is 2.42. The maximum absolute atomic E-state index is 12.0. The number of H-pyrrole nitrogens is 1. The van der Waals surface area contributed by atoms with Gasteiger partial charge in [0.1, 0.15) is 5.60 Å². The highest BCUT2D eigenvalue weighted by Crippen LogP contribution is 2.22. The molecule has 0 bridgehead atoms. The first kappa shape index (κ1) is 23.9. The zero-order valence-electron chi connectivity index (χ0n) is 16.7. The molecule has 1 saturated heterocycles. The van der Waals surface area contributed by atoms with Crippen molar-refractivity contribution in [3.8, 4) is 0 Å². The van der Waals surface area contributed by atoms with E-state index < -0.39 is 29.3 Å². The lowest BCUT2D eigenvalue weighted by Gasteiger charge is -2.24. The van der Waals surface area contributed by atoms with Gasteiger partial charge in [0.25, 0.3) is 5.56 Å². The minimum absolute atomic E-state index is 0.138. The van der Waals surface area contributed by atoms with E-state index in [1.165, 1.54) is 4.57 Å². The van der Waals surface area contributed by atoms with E-state index in [9.17, 15) is 24.0 Å². The number of ether oxygens (including phenoxy) is 1. The molecule has 12 heteroatoms. The van der Waals surface area contributed by atoms with E-state index in [1.54, 1.807) is 18.0 Å². The number of aromatic amines is 1. The fourth-order valence-corrected chi connectivity index (χ4v) is 2.42. The first-order valence-corrected chi connectivity index (χ1v) is 8.74. The largest absolute Gasteiger partial charge is 0.480 e. The predicted molar refractivity (Wildman–Crippen MR) is 101 cm³/mol. The van der Waals surface area contributed by atoms with Crippen molar-refractivity contribution in [2.45, 2.75) is 51.8 Å². The van der Waals surface area contributed by atoms with Crippen molar-refractivity contribution in [1.82, 2.24) is 14.5 Å². The van der Waals surface area contributed by atoms with E-state index in [0.717, 1.165) is 0 Å². The molecule has 0 unspecified atom stereocenters. The van der Waals surface area contributed by atoms with Crippen molar-refractivity contribution < 1.29 is 29.3 Å². The van der Waals surface area contributed by atoms with Gasteiger partial charge >= 0.3 is 23.7 Å². The molecule has 1 atom stereocenters. The van der Waals surface area contributed by atoms with Crippen LogP contribution in [0.4, 0.5) is 4.79 Å². The second kappa shape index (κ2) is 9.37. The van der Waals surface area contributed by atoms with Gasteiger partial charge in [0.05, 0.1) is 6.04 Å². The Bertz CT molecular complexity index is 869. The number of aliphatic carboxylic acids is 2. The van der Waals surface area contributed by atoms with E-state index in [-0.39, 0.29) is 17.7 Å². The summed E-state index contributed by atoms with van der Waals surface area (Å²) in [6.45, 7) is 8.02. The molecule has 1 amide bonds. The lowest BCUT2D eigenvalue weighted by molar-refractivity contribution is -0.149. The number of carboxylic acids is 2. The summed E-state index contributed by atoms with van der Waals surface area (Å²) in [4.78, 5) is 58.4. The van der Waals surface area contributed by atoms with Crippen LogP contribution in [-0.4, -0.2) is 67.4 Å². The number of nitrogens with two attached hydrogens (primary N) is 1. The summed E-state index contributed by atoms with van der Waals surface area (Å²) in [5.74, 6) is -3.06. The molecule has 2 heterocycles. The number of hydrogen-bond acceptors (Lipinski definition) is 7. The fraction of sp³-hybridized carbons (Fsp3) is 0.588. The smallest absolute Gasteiger partial charge is 0.410 e. The molecule has 1 aliphatic heterocycles. The maximum atomic E-state index is 12.0. The average molecular weight is 414 g/mol. The molecule has 0 aromatic carbocycles. The van der Waals surface area contributed by atoms with Crippen molar-refractivity contribution in [3.63, 3.8) is 0 Å². The standard InChI is InChI=1S/C14H21N3O4.C3H5NO4/c1-9-7-17(12(19)15-11(9)18)10-5-6-16(8-10)13(20)21-14(2,3)4;4-1(2(5)6)3(7)8/h7,10H,5-6,8H2,1-4H3,(H,15,18,19);1H,4H2,(H,5,6)(H,7,8)/t10-;/m0./s1. The number of rotatable bonds is 3. The van der Waals surface area contributed by atoms with E-state index >= 15 is 0 Å². The number of carbonyl (C=O) groups excluding carboxylic acids is 1. The number of aromatic nitrogens is 2. The van der Waals surface area contributed by atoms with Crippen molar-refractivity contribution in [2.75, 3.05) is 13.1 Å². The van der Waals surface area contributed by atoms with Crippen molar-refractivity contribution in [2.24, 2.45) is 5.73 Å². The number of amides is 1. The summed E-state index contributed by atoms with van der Waals surface area (Å²) in [6, 6.07) is -1.93. The summed E-state index contributed by atoms with van der Waals surface area (Å²) >= 11 is 0. The van der Waals surface area contributed by atoms with Gasteiger partial charge in [-0.25, -0.2) is 19.2 Å². The molecule has 0 radical (unpaired) electrons. The number of nitrogens with one attached hydrogen (secondary N) is 1. The summed E-state index contributed by atoms with van der Waals surface area (Å²) in [5, 5.41) is 15.7. The Balaban J connectivity index is 0.000000447. The predicted octanol–water partition coefficient (Wildman–Crippen LogP) is -0.490. The molecule has 1 aromatic heterocycles. The van der Waals surface area contributed by atoms with Crippen LogP contribution >= 0.6 is 0 Å². The van der Waals surface area contributed by atoms with E-state index in [0.29, 0.717) is 25.1 Å². The first-order valence-electron chi connectivity index (χ1n) is 8.74. The second-order valence-electron chi connectivity index (χ2n) is 7.50. The van der Waals surface area contributed by atoms with E-state index in [2.05, 4.69) is 10.7 Å². The molecule has 12 nitrogen and oxygen atoms in total. The van der Waals surface area contributed by atoms with Crippen LogP contribution in [0.5, 0.6) is 0 Å². The van der Waals surface area contributed by atoms with Crippen LogP contribution in [0.3, 0.4) is 0 Å². The SMILES string of the molecule is Cc1cn([C@H]2CCN(C(=O)OC(C)(C)C)C2)c(=O)[nH]c1=O.NC(C(=O)O)C(=O)O. The van der Waals surface area contributed by atoms with Crippen LogP contribution in [0.1, 0.15) is 38.8 Å². The minimum Gasteiger partial charge on any atom is -0.480 e. The Kier molecular flexibility index (Phi) is 7.71. The highest BCUT2D eigenvalue weighted by atomic mass is 16.6. The van der Waals surface area contributed by atoms with Gasteiger partial charge in [0.15, 0.2) is 0 Å². The molecule has 29 heavy (non-hydrogen) atoms. The molecule has 0 aliphatic carbocycles. The molecule has 0 spiro atoms. The Morgan fingerprint density at radius 1 is 1.24 bits per heavy atom. The van der Waals surface area contributed by atoms with Crippen LogP contribution in [0.15, 0.2) is 15.8 Å². The minimum atomic E-state index is -1.80. The molecule has 2 rings (SSSR count). The molecule has 1 fully saturated rings. The van der Waals surface area contributed by atoms with Crippen molar-refractivity contribution in [1.29, 1.82) is 0 Å². The van der Waals surface area contributed by atoms with Crippen LogP contribution in [0.2, 0.25) is 0 Å². The molecule has 1 aliphatic rings. The Hall–Kier alpha value is -3.15. The van der Waals surface area contributed by atoms with E-state index in [1.807, 2.05) is 20.8 Å². The molecule has 1 aromatic rings. The normalized spacial score (nSPS) is 16.2. The molecule has 5 N–H and O–H groups in total. The number of carbonyl (C=O) groups is 3. The summed E-state index contributed by atoms with van der Waals surface area (Å²) in [7, 11) is 0. The van der Waals surface area contributed by atoms with Crippen molar-refractivity contribution >= 4 is 18.0 Å². The number of carboxylic acid groups (broad SMARTS) is 2. The van der Waals surface area contributed by atoms with Gasteiger partial charge in [-0.1, -0.05) is 0 Å². The first-order chi connectivity index (χ1) is 13.2. The van der Waals surface area contributed by atoms with E-state index in [4.69, 9.17) is 14.9 Å². The topological polar surface area (TPSA) is 185 Å². The lowest BCUT2D eigenvalue weighted by atomic mass is 10.2. The molecule has 162 valence electrons. The summed E-state index contributed by atoms with van der Waals surface area (Å²) < 4.78 is 6.81. The third kappa shape index (κ3) is 7.07. The number of hydrogen-bond donors (Lipinski definition) is 4. The quantitative estimate of drug-likeness (QED) is 0.474. The second-order valence-corrected chi connectivity index (χ2v) is 7.50. The van der Waals surface area contributed by atoms with Gasteiger partial charge in [0.2, 0.25) is 6.04 Å². The van der Waals surface area contributed by atoms with Crippen LogP contribution in [0.25, 0.3) is 0 Å². The zero-order chi connectivity index (χ0) is 22.5. The van der Waals surface area contributed by atoms with Gasteiger partial charge in [-0.3, -0.25) is 14.3 Å². The van der Waals surface area contributed by atoms with Gasteiger partial charge in [-0.15, -0.1) is 0 Å². The van der Waals surface area contributed by atoms with Gasteiger partial charge in [-0.05, 0) is 34.1 Å². The molecular formula is C17H26N4O8.